The molecule has 5 rings (SSSR count). The number of aromatic nitrogens is 3. The number of fused-ring (bicyclic) bond motifs is 1. The van der Waals surface area contributed by atoms with Gasteiger partial charge in [-0.3, -0.25) is 9.79 Å². The normalized spacial score (nSPS) is 16.0. The van der Waals surface area contributed by atoms with E-state index in [1.54, 1.807) is 30.3 Å². The Morgan fingerprint density at radius 2 is 2.11 bits per heavy atom. The second-order valence-corrected chi connectivity index (χ2v) is 8.97. The summed E-state index contributed by atoms with van der Waals surface area (Å²) in [6, 6.07) is 11.5. The Balaban J connectivity index is 1.47. The van der Waals surface area contributed by atoms with Gasteiger partial charge in [-0.15, -0.1) is 0 Å². The molecule has 4 aromatic rings. The molecule has 11 heteroatoms. The van der Waals surface area contributed by atoms with Gasteiger partial charge in [-0.25, -0.2) is 9.78 Å². The molecular weight excluding hydrogens is 484 g/mol. The average molecular weight is 507 g/mol. The average Bonchev–Trinajstić information content (AvgIpc) is 3.50. The van der Waals surface area contributed by atoms with Crippen molar-refractivity contribution in [1.82, 2.24) is 20.3 Å². The van der Waals surface area contributed by atoms with Crippen LogP contribution in [-0.2, 0) is 4.79 Å². The molecule has 10 nitrogen and oxygen atoms in total. The number of benzene rings is 2. The highest BCUT2D eigenvalue weighted by molar-refractivity contribution is 6.30. The van der Waals surface area contributed by atoms with E-state index in [1.165, 1.54) is 6.20 Å². The maximum atomic E-state index is 12.8. The first-order valence-corrected chi connectivity index (χ1v) is 11.6. The lowest BCUT2D eigenvalue weighted by Gasteiger charge is -2.15. The number of rotatable bonds is 7. The lowest BCUT2D eigenvalue weighted by Crippen LogP contribution is -2.26. The molecule has 184 valence electrons. The second kappa shape index (κ2) is 9.48. The quantitative estimate of drug-likeness (QED) is 0.225. The Kier molecular flexibility index (Phi) is 6.21. The molecule has 0 radical (unpaired) electrons. The molecule has 0 spiro atoms. The number of aliphatic carboxylic acids is 1. The van der Waals surface area contributed by atoms with Gasteiger partial charge >= 0.3 is 5.97 Å². The number of anilines is 1. The third kappa shape index (κ3) is 4.56. The summed E-state index contributed by atoms with van der Waals surface area (Å²) >= 11 is 6.03. The number of halogens is 1. The van der Waals surface area contributed by atoms with Crippen LogP contribution >= 0.6 is 11.6 Å². The monoisotopic (exact) mass is 506 g/mol. The van der Waals surface area contributed by atoms with E-state index in [1.807, 2.05) is 19.1 Å². The number of aryl methyl sites for hydroxylation is 1. The topological polar surface area (TPSA) is 155 Å². The van der Waals surface area contributed by atoms with E-state index in [9.17, 15) is 19.8 Å². The lowest BCUT2D eigenvalue weighted by atomic mass is 10.1. The molecule has 0 aliphatic carbocycles. The first kappa shape index (κ1) is 23.6. The summed E-state index contributed by atoms with van der Waals surface area (Å²) in [6.45, 7) is 2.26. The van der Waals surface area contributed by atoms with Crippen molar-refractivity contribution >= 4 is 40.1 Å². The minimum absolute atomic E-state index is 0.149. The van der Waals surface area contributed by atoms with E-state index in [0.717, 1.165) is 11.1 Å². The Morgan fingerprint density at radius 1 is 1.28 bits per heavy atom. The Morgan fingerprint density at radius 3 is 2.86 bits per heavy atom. The number of aliphatic hydroxyl groups is 1. The van der Waals surface area contributed by atoms with Gasteiger partial charge in [0.25, 0.3) is 5.56 Å². The summed E-state index contributed by atoms with van der Waals surface area (Å²) in [5.41, 5.74) is 4.03. The molecule has 36 heavy (non-hydrogen) atoms. The van der Waals surface area contributed by atoms with Gasteiger partial charge < -0.3 is 30.8 Å². The fourth-order valence-electron chi connectivity index (χ4n) is 4.20. The van der Waals surface area contributed by atoms with Gasteiger partial charge in [-0.2, -0.15) is 0 Å². The summed E-state index contributed by atoms with van der Waals surface area (Å²) in [5, 5.41) is 26.5. The molecule has 1 aliphatic heterocycles. The zero-order chi connectivity index (χ0) is 25.4. The SMILES string of the molecule is Cc1cc(C2=N[C@H](C(=O)O)CN2)cc2[nH]c(-c3c(NCC(O)c4cccc(Cl)c4)cc[nH]c3=O)nc12. The molecule has 3 heterocycles. The Bertz CT molecular complexity index is 1560. The van der Waals surface area contributed by atoms with E-state index >= 15 is 0 Å². The van der Waals surface area contributed by atoms with Crippen LogP contribution in [0.2, 0.25) is 5.02 Å². The number of carboxylic acids is 1. The number of carbonyl (C=O) groups is 1. The van der Waals surface area contributed by atoms with Crippen molar-refractivity contribution in [2.45, 2.75) is 19.1 Å². The minimum atomic E-state index is -0.983. The molecule has 6 N–H and O–H groups in total. The maximum Gasteiger partial charge on any atom is 0.330 e. The predicted molar refractivity (Wildman–Crippen MR) is 138 cm³/mol. The number of aromatic amines is 2. The largest absolute Gasteiger partial charge is 0.480 e. The number of pyridine rings is 1. The summed E-state index contributed by atoms with van der Waals surface area (Å²) in [6.07, 6.45) is 0.681. The Hall–Kier alpha value is -4.15. The van der Waals surface area contributed by atoms with Crippen LogP contribution in [0.5, 0.6) is 0 Å². The van der Waals surface area contributed by atoms with E-state index < -0.39 is 18.1 Å². The van der Waals surface area contributed by atoms with Gasteiger partial charge in [0, 0.05) is 29.9 Å². The van der Waals surface area contributed by atoms with E-state index in [-0.39, 0.29) is 18.6 Å². The fourth-order valence-corrected chi connectivity index (χ4v) is 4.40. The molecule has 2 aromatic carbocycles. The number of H-pyrrole nitrogens is 2. The lowest BCUT2D eigenvalue weighted by molar-refractivity contribution is -0.138. The number of carboxylic acid groups (broad SMARTS) is 1. The number of hydrogen-bond donors (Lipinski definition) is 6. The molecule has 2 atom stereocenters. The number of amidine groups is 1. The van der Waals surface area contributed by atoms with Crippen molar-refractivity contribution in [1.29, 1.82) is 0 Å². The van der Waals surface area contributed by atoms with Crippen LogP contribution in [0.1, 0.15) is 22.8 Å². The molecular formula is C25H23ClN6O4. The van der Waals surface area contributed by atoms with Gasteiger partial charge in [0.1, 0.15) is 17.2 Å². The summed E-state index contributed by atoms with van der Waals surface area (Å²) < 4.78 is 0. The van der Waals surface area contributed by atoms with Gasteiger partial charge in [-0.1, -0.05) is 23.7 Å². The van der Waals surface area contributed by atoms with E-state index in [0.29, 0.717) is 44.5 Å². The first-order chi connectivity index (χ1) is 17.3. The van der Waals surface area contributed by atoms with E-state index in [4.69, 9.17) is 11.6 Å². The van der Waals surface area contributed by atoms with Gasteiger partial charge in [0.15, 0.2) is 6.04 Å². The molecule has 1 aliphatic rings. The number of aliphatic imine (C=N–C) groups is 1. The zero-order valence-corrected chi connectivity index (χ0v) is 19.9. The van der Waals surface area contributed by atoms with Crippen molar-refractivity contribution in [2.75, 3.05) is 18.4 Å². The standard InChI is InChI=1S/C25H23ClN6O4/c1-12-7-14(22-29-10-18(31-22)25(35)36)9-17-21(12)32-23(30-17)20-16(5-6-27-24(20)34)28-11-19(33)13-3-2-4-15(26)8-13/h2-9,18-19,33H,10-11H2,1H3,(H,29,31)(H,30,32)(H,35,36)(H2,27,28,34)/t18-,19?/m0/s1. The van der Waals surface area contributed by atoms with Crippen molar-refractivity contribution in [2.24, 2.45) is 4.99 Å². The number of imidazole rings is 1. The van der Waals surface area contributed by atoms with Crippen LogP contribution < -0.4 is 16.2 Å². The number of aliphatic hydroxyl groups excluding tert-OH is 1. The number of nitrogens with one attached hydrogen (secondary N) is 4. The summed E-state index contributed by atoms with van der Waals surface area (Å²) in [5.74, 6) is -0.127. The number of hydrogen-bond acceptors (Lipinski definition) is 7. The van der Waals surface area contributed by atoms with Gasteiger partial charge in [0.2, 0.25) is 0 Å². The third-order valence-electron chi connectivity index (χ3n) is 6.00. The second-order valence-electron chi connectivity index (χ2n) is 8.53. The summed E-state index contributed by atoms with van der Waals surface area (Å²) in [7, 11) is 0. The zero-order valence-electron chi connectivity index (χ0n) is 19.2. The third-order valence-corrected chi connectivity index (χ3v) is 6.24. The molecule has 1 unspecified atom stereocenters. The fraction of sp³-hybridized carbons (Fsp3) is 0.200. The van der Waals surface area contributed by atoms with E-state index in [2.05, 4.69) is 30.6 Å². The van der Waals surface area contributed by atoms with Crippen molar-refractivity contribution in [3.05, 3.63) is 80.7 Å². The number of nitrogens with zero attached hydrogens (tertiary/aromatic N) is 2. The smallest absolute Gasteiger partial charge is 0.330 e. The minimum Gasteiger partial charge on any atom is -0.480 e. The predicted octanol–water partition coefficient (Wildman–Crippen LogP) is 2.83. The molecule has 0 saturated heterocycles. The highest BCUT2D eigenvalue weighted by Crippen LogP contribution is 2.28. The molecule has 0 saturated carbocycles. The molecule has 0 amide bonds. The highest BCUT2D eigenvalue weighted by atomic mass is 35.5. The first-order valence-electron chi connectivity index (χ1n) is 11.2. The van der Waals surface area contributed by atoms with Gasteiger partial charge in [0.05, 0.1) is 22.8 Å². The van der Waals surface area contributed by atoms with Crippen molar-refractivity contribution in [3.63, 3.8) is 0 Å². The van der Waals surface area contributed by atoms with Crippen LogP contribution in [0, 0.1) is 6.92 Å². The van der Waals surface area contributed by atoms with Crippen molar-refractivity contribution in [3.8, 4) is 11.4 Å². The Labute approximate surface area is 210 Å². The highest BCUT2D eigenvalue weighted by Gasteiger charge is 2.25. The van der Waals surface area contributed by atoms with Crippen LogP contribution in [-0.4, -0.2) is 56.1 Å². The maximum absolute atomic E-state index is 12.8. The molecule has 0 bridgehead atoms. The van der Waals surface area contributed by atoms with Crippen LogP contribution in [0.3, 0.4) is 0 Å². The van der Waals surface area contributed by atoms with Crippen LogP contribution in [0.4, 0.5) is 5.69 Å². The summed E-state index contributed by atoms with van der Waals surface area (Å²) in [4.78, 5) is 38.9. The van der Waals surface area contributed by atoms with Crippen molar-refractivity contribution < 1.29 is 15.0 Å². The molecule has 2 aromatic heterocycles. The molecule has 0 fully saturated rings. The van der Waals surface area contributed by atoms with Gasteiger partial charge in [-0.05, 0) is 48.4 Å². The van der Waals surface area contributed by atoms with Crippen LogP contribution in [0.25, 0.3) is 22.4 Å². The van der Waals surface area contributed by atoms with Crippen LogP contribution in [0.15, 0.2) is 58.4 Å².